The molecule has 148 valence electrons. The Balaban J connectivity index is 2.00. The first kappa shape index (κ1) is 20.7. The van der Waals surface area contributed by atoms with E-state index in [0.29, 0.717) is 25.9 Å². The number of nitrogens with zero attached hydrogens (tertiary/aromatic N) is 2. The summed E-state index contributed by atoms with van der Waals surface area (Å²) >= 11 is -2.59. The van der Waals surface area contributed by atoms with Gasteiger partial charge in [-0.15, -0.1) is 0 Å². The first-order valence-corrected chi connectivity index (χ1v) is 9.60. The van der Waals surface area contributed by atoms with Gasteiger partial charge in [0.2, 0.25) is 0 Å². The van der Waals surface area contributed by atoms with E-state index < -0.39 is 22.6 Å². The zero-order valence-electron chi connectivity index (χ0n) is 15.1. The lowest BCUT2D eigenvalue weighted by atomic mass is 10.1. The van der Waals surface area contributed by atoms with Gasteiger partial charge in [0.1, 0.15) is 28.6 Å². The lowest BCUT2D eigenvalue weighted by molar-refractivity contribution is 0.440. The average Bonchev–Trinajstić information content (AvgIpc) is 2.64. The molecule has 1 unspecified atom stereocenters. The topological polar surface area (TPSA) is 145 Å². The zero-order chi connectivity index (χ0) is 20.0. The van der Waals surface area contributed by atoms with Crippen LogP contribution in [-0.4, -0.2) is 17.9 Å². The molecule has 1 atom stereocenters. The summed E-state index contributed by atoms with van der Waals surface area (Å²) in [6.45, 7) is 2.52. The predicted octanol–water partition coefficient (Wildman–Crippen LogP) is 0.780. The number of nitrogens with two attached hydrogens (primary N) is 2. The van der Waals surface area contributed by atoms with Crippen LogP contribution in [0.3, 0.4) is 0 Å². The third kappa shape index (κ3) is 5.20. The number of unbranched alkanes of at least 4 members (excludes halogenated alkanes) is 1. The van der Waals surface area contributed by atoms with Crippen molar-refractivity contribution in [2.75, 3.05) is 11.5 Å². The molecule has 1 heterocycles. The number of aromatic nitrogens is 2. The Hall–Kier alpha value is -2.59. The van der Waals surface area contributed by atoms with Crippen LogP contribution in [0.1, 0.15) is 31.7 Å². The van der Waals surface area contributed by atoms with Crippen LogP contribution >= 0.6 is 0 Å². The van der Waals surface area contributed by atoms with Crippen molar-refractivity contribution in [3.8, 4) is 5.75 Å². The van der Waals surface area contributed by atoms with Gasteiger partial charge in [0.05, 0.1) is 0 Å². The summed E-state index contributed by atoms with van der Waals surface area (Å²) in [7, 11) is 0. The van der Waals surface area contributed by atoms with Gasteiger partial charge in [0.25, 0.3) is 5.56 Å². The molecule has 0 fully saturated rings. The minimum Gasteiger partial charge on any atom is -0.740 e. The van der Waals surface area contributed by atoms with Crippen LogP contribution in [0.4, 0.5) is 11.5 Å². The minimum atomic E-state index is -2.59. The Kier molecular flexibility index (Phi) is 7.19. The molecule has 1 aromatic heterocycles. The van der Waals surface area contributed by atoms with Gasteiger partial charge in [-0.2, -0.15) is 0 Å². The zero-order valence-corrected chi connectivity index (χ0v) is 15.9. The van der Waals surface area contributed by atoms with Crippen molar-refractivity contribution >= 4 is 22.9 Å². The molecule has 0 saturated heterocycles. The van der Waals surface area contributed by atoms with Crippen LogP contribution in [0, 0.1) is 0 Å². The van der Waals surface area contributed by atoms with Gasteiger partial charge in [-0.1, -0.05) is 19.1 Å². The Labute approximate surface area is 159 Å². The highest BCUT2D eigenvalue weighted by atomic mass is 32.2. The summed E-state index contributed by atoms with van der Waals surface area (Å²) < 4.78 is 28.0. The van der Waals surface area contributed by atoms with E-state index in [4.69, 9.17) is 11.5 Å². The summed E-state index contributed by atoms with van der Waals surface area (Å²) in [5, 5.41) is 0. The Morgan fingerprint density at radius 1 is 1.07 bits per heavy atom. The van der Waals surface area contributed by atoms with Crippen molar-refractivity contribution in [3.63, 3.8) is 0 Å². The Morgan fingerprint density at radius 3 is 2.33 bits per heavy atom. The molecule has 9 nitrogen and oxygen atoms in total. The van der Waals surface area contributed by atoms with E-state index >= 15 is 0 Å². The van der Waals surface area contributed by atoms with E-state index in [9.17, 15) is 18.4 Å². The molecular weight excluding hydrogens is 372 g/mol. The highest BCUT2D eigenvalue weighted by Crippen LogP contribution is 2.15. The van der Waals surface area contributed by atoms with Crippen LogP contribution < -0.4 is 26.9 Å². The molecule has 0 radical (unpaired) electrons. The van der Waals surface area contributed by atoms with Gasteiger partial charge >= 0.3 is 5.69 Å². The summed E-state index contributed by atoms with van der Waals surface area (Å²) in [5.41, 5.74) is 11.5. The van der Waals surface area contributed by atoms with E-state index in [0.717, 1.165) is 23.0 Å². The molecule has 0 saturated carbocycles. The van der Waals surface area contributed by atoms with E-state index in [1.54, 1.807) is 24.3 Å². The van der Waals surface area contributed by atoms with Gasteiger partial charge in [-0.25, -0.2) is 9.00 Å². The van der Waals surface area contributed by atoms with Gasteiger partial charge in [-0.05, 0) is 43.4 Å². The molecule has 2 aromatic rings. The van der Waals surface area contributed by atoms with Crippen LogP contribution in [0.2, 0.25) is 0 Å². The van der Waals surface area contributed by atoms with Crippen molar-refractivity contribution in [2.24, 2.45) is 0 Å². The van der Waals surface area contributed by atoms with Crippen molar-refractivity contribution in [2.45, 2.75) is 45.7 Å². The van der Waals surface area contributed by atoms with E-state index in [-0.39, 0.29) is 17.3 Å². The van der Waals surface area contributed by atoms with Gasteiger partial charge in [-0.3, -0.25) is 13.9 Å². The lowest BCUT2D eigenvalue weighted by Crippen LogP contribution is -2.42. The maximum absolute atomic E-state index is 12.5. The monoisotopic (exact) mass is 395 g/mol. The maximum Gasteiger partial charge on any atom is 0.332 e. The lowest BCUT2D eigenvalue weighted by Gasteiger charge is -2.14. The molecule has 27 heavy (non-hydrogen) atoms. The quantitative estimate of drug-likeness (QED) is 0.471. The second-order valence-corrected chi connectivity index (χ2v) is 6.65. The van der Waals surface area contributed by atoms with Crippen molar-refractivity contribution < 1.29 is 12.9 Å². The fourth-order valence-electron chi connectivity index (χ4n) is 2.76. The van der Waals surface area contributed by atoms with Gasteiger partial charge < -0.3 is 20.2 Å². The van der Waals surface area contributed by atoms with Gasteiger partial charge in [0.15, 0.2) is 0 Å². The number of anilines is 2. The average molecular weight is 395 g/mol. The summed E-state index contributed by atoms with van der Waals surface area (Å²) in [5.74, 6) is 0.254. The second kappa shape index (κ2) is 9.38. The number of nitrogen functional groups attached to an aromatic ring is 2. The molecule has 0 spiro atoms. The maximum atomic E-state index is 12.5. The number of rotatable bonds is 9. The number of hydrogen-bond donors (Lipinski definition) is 2. The summed E-state index contributed by atoms with van der Waals surface area (Å²) in [4.78, 5) is 24.5. The molecule has 0 aliphatic carbocycles. The van der Waals surface area contributed by atoms with E-state index in [2.05, 4.69) is 4.18 Å². The molecule has 0 bridgehead atoms. The van der Waals surface area contributed by atoms with Crippen LogP contribution in [0.15, 0.2) is 33.9 Å². The first-order valence-electron chi connectivity index (χ1n) is 8.60. The van der Waals surface area contributed by atoms with Crippen molar-refractivity contribution in [1.29, 1.82) is 0 Å². The third-order valence-corrected chi connectivity index (χ3v) is 4.46. The van der Waals surface area contributed by atoms with Crippen molar-refractivity contribution in [3.05, 3.63) is 50.7 Å². The second-order valence-electron chi connectivity index (χ2n) is 6.08. The summed E-state index contributed by atoms with van der Waals surface area (Å²) in [6, 6.07) is 6.72. The normalized spacial score (nSPS) is 12.1. The smallest absolute Gasteiger partial charge is 0.332 e. The molecule has 0 aliphatic rings. The van der Waals surface area contributed by atoms with Crippen LogP contribution in [0.5, 0.6) is 5.75 Å². The third-order valence-electron chi connectivity index (χ3n) is 4.14. The van der Waals surface area contributed by atoms with Crippen molar-refractivity contribution in [1.82, 2.24) is 9.13 Å². The fraction of sp³-hybridized carbons (Fsp3) is 0.412. The highest BCUT2D eigenvalue weighted by molar-refractivity contribution is 7.74. The largest absolute Gasteiger partial charge is 0.740 e. The van der Waals surface area contributed by atoms with E-state index in [1.165, 1.54) is 4.57 Å². The fourth-order valence-corrected chi connectivity index (χ4v) is 3.03. The number of benzene rings is 1. The Bertz CT molecular complexity index is 921. The Morgan fingerprint density at radius 2 is 1.74 bits per heavy atom. The van der Waals surface area contributed by atoms with E-state index in [1.807, 2.05) is 6.92 Å². The molecule has 2 rings (SSSR count). The highest BCUT2D eigenvalue weighted by Gasteiger charge is 2.14. The molecule has 0 aliphatic heterocycles. The molecular formula is C17H23N4O5S-. The first-order chi connectivity index (χ1) is 12.8. The standard InChI is InChI=1S/C17H24N4O5S/c1-2-10-21-16(22)14(18)15(19)20(17(21)23)11-4-3-5-12-6-8-13(9-7-12)26-27(24)25/h6-9H,2-5,10-11,18-19H2,1H3,(H,24,25)/p-1. The van der Waals surface area contributed by atoms with Gasteiger partial charge in [0, 0.05) is 13.1 Å². The van der Waals surface area contributed by atoms with Crippen LogP contribution in [0.25, 0.3) is 0 Å². The summed E-state index contributed by atoms with van der Waals surface area (Å²) in [6.07, 6.45) is 2.81. The number of aryl methyl sites for hydroxylation is 1. The number of hydrogen-bond acceptors (Lipinski definition) is 7. The molecule has 4 N–H and O–H groups in total. The SMILES string of the molecule is CCCn1c(=O)c(N)c(N)n(CCCCc2ccc(OS(=O)[O-])cc2)c1=O. The molecule has 0 amide bonds. The van der Waals surface area contributed by atoms with Crippen LogP contribution in [-0.2, 0) is 30.9 Å². The predicted molar refractivity (Wildman–Crippen MR) is 103 cm³/mol. The molecule has 1 aromatic carbocycles. The minimum absolute atomic E-state index is 0.00414. The molecule has 10 heteroatoms.